The normalized spacial score (nSPS) is 14.0. The summed E-state index contributed by atoms with van der Waals surface area (Å²) < 4.78 is 0. The molecule has 0 aliphatic heterocycles. The van der Waals surface area contributed by atoms with Crippen molar-refractivity contribution in [2.24, 2.45) is 0 Å². The SMILES string of the molecule is CCC(N[C@@H](C)c1ccc(C)cc1)c1ccc(Cl)cc1Cl. The maximum atomic E-state index is 6.33. The Bertz CT molecular complexity index is 593. The molecule has 1 nitrogen and oxygen atoms in total. The molecule has 0 fully saturated rings. The molecule has 2 rings (SSSR count). The van der Waals surface area contributed by atoms with Gasteiger partial charge < -0.3 is 5.32 Å². The van der Waals surface area contributed by atoms with Crippen molar-refractivity contribution in [3.63, 3.8) is 0 Å². The lowest BCUT2D eigenvalue weighted by molar-refractivity contribution is 0.456. The zero-order valence-electron chi connectivity index (χ0n) is 12.7. The number of nitrogens with one attached hydrogen (secondary N) is 1. The summed E-state index contributed by atoms with van der Waals surface area (Å²) >= 11 is 12.3. The Morgan fingerprint density at radius 2 is 1.71 bits per heavy atom. The molecule has 2 aromatic carbocycles. The number of hydrogen-bond donors (Lipinski definition) is 1. The molecule has 0 saturated heterocycles. The van der Waals surface area contributed by atoms with E-state index in [-0.39, 0.29) is 12.1 Å². The quantitative estimate of drug-likeness (QED) is 0.701. The van der Waals surface area contributed by atoms with Crippen molar-refractivity contribution in [2.45, 2.75) is 39.3 Å². The Balaban J connectivity index is 2.16. The number of rotatable bonds is 5. The Morgan fingerprint density at radius 1 is 1.05 bits per heavy atom. The molecule has 0 saturated carbocycles. The molecule has 0 aliphatic rings. The zero-order valence-corrected chi connectivity index (χ0v) is 14.2. The molecule has 2 aromatic rings. The van der Waals surface area contributed by atoms with Gasteiger partial charge in [-0.1, -0.05) is 66.0 Å². The van der Waals surface area contributed by atoms with Gasteiger partial charge >= 0.3 is 0 Å². The van der Waals surface area contributed by atoms with Gasteiger partial charge in [-0.05, 0) is 43.5 Å². The van der Waals surface area contributed by atoms with Crippen molar-refractivity contribution >= 4 is 23.2 Å². The van der Waals surface area contributed by atoms with Crippen molar-refractivity contribution in [3.05, 3.63) is 69.2 Å². The standard InChI is InChI=1S/C18H21Cl2N/c1-4-18(16-10-9-15(19)11-17(16)20)21-13(3)14-7-5-12(2)6-8-14/h5-11,13,18,21H,4H2,1-3H3/t13-,18?/m0/s1. The monoisotopic (exact) mass is 321 g/mol. The van der Waals surface area contributed by atoms with E-state index in [1.807, 2.05) is 12.1 Å². The highest BCUT2D eigenvalue weighted by atomic mass is 35.5. The molecule has 2 atom stereocenters. The van der Waals surface area contributed by atoms with Gasteiger partial charge in [-0.15, -0.1) is 0 Å². The summed E-state index contributed by atoms with van der Waals surface area (Å²) in [6, 6.07) is 14.8. The molecule has 1 unspecified atom stereocenters. The maximum Gasteiger partial charge on any atom is 0.0468 e. The first-order valence-corrected chi connectivity index (χ1v) is 8.04. The van der Waals surface area contributed by atoms with E-state index in [1.54, 1.807) is 6.07 Å². The van der Waals surface area contributed by atoms with Crippen LogP contribution in [0.4, 0.5) is 0 Å². The van der Waals surface area contributed by atoms with Gasteiger partial charge in [0.2, 0.25) is 0 Å². The first kappa shape index (κ1) is 16.4. The largest absolute Gasteiger partial charge is 0.303 e. The second kappa shape index (κ2) is 7.31. The second-order valence-electron chi connectivity index (χ2n) is 5.43. The van der Waals surface area contributed by atoms with E-state index in [0.717, 1.165) is 17.0 Å². The average Bonchev–Trinajstić information content (AvgIpc) is 2.46. The van der Waals surface area contributed by atoms with Crippen molar-refractivity contribution < 1.29 is 0 Å². The van der Waals surface area contributed by atoms with Crippen molar-refractivity contribution in [3.8, 4) is 0 Å². The van der Waals surface area contributed by atoms with Crippen LogP contribution in [-0.2, 0) is 0 Å². The Hall–Kier alpha value is -1.02. The maximum absolute atomic E-state index is 6.33. The van der Waals surface area contributed by atoms with E-state index in [2.05, 4.69) is 50.4 Å². The minimum absolute atomic E-state index is 0.214. The van der Waals surface area contributed by atoms with Gasteiger partial charge in [0, 0.05) is 22.1 Å². The van der Waals surface area contributed by atoms with Gasteiger partial charge in [0.15, 0.2) is 0 Å². The van der Waals surface area contributed by atoms with E-state index in [0.29, 0.717) is 5.02 Å². The molecule has 0 spiro atoms. The summed E-state index contributed by atoms with van der Waals surface area (Å²) in [5.41, 5.74) is 3.66. The van der Waals surface area contributed by atoms with E-state index in [4.69, 9.17) is 23.2 Å². The van der Waals surface area contributed by atoms with Crippen molar-refractivity contribution in [2.75, 3.05) is 0 Å². The van der Waals surface area contributed by atoms with Gasteiger partial charge in [-0.2, -0.15) is 0 Å². The molecule has 21 heavy (non-hydrogen) atoms. The average molecular weight is 322 g/mol. The molecular formula is C18H21Cl2N. The topological polar surface area (TPSA) is 12.0 Å². The van der Waals surface area contributed by atoms with Crippen LogP contribution in [0.15, 0.2) is 42.5 Å². The van der Waals surface area contributed by atoms with E-state index >= 15 is 0 Å². The minimum Gasteiger partial charge on any atom is -0.303 e. The summed E-state index contributed by atoms with van der Waals surface area (Å²) in [6.45, 7) is 6.44. The summed E-state index contributed by atoms with van der Waals surface area (Å²) in [5, 5.41) is 5.04. The van der Waals surface area contributed by atoms with Crippen molar-refractivity contribution in [1.29, 1.82) is 0 Å². The highest BCUT2D eigenvalue weighted by Gasteiger charge is 2.16. The third kappa shape index (κ3) is 4.23. The van der Waals surface area contributed by atoms with Crippen LogP contribution in [-0.4, -0.2) is 0 Å². The minimum atomic E-state index is 0.214. The summed E-state index contributed by atoms with van der Waals surface area (Å²) in [5.74, 6) is 0. The highest BCUT2D eigenvalue weighted by molar-refractivity contribution is 6.35. The summed E-state index contributed by atoms with van der Waals surface area (Å²) in [7, 11) is 0. The fourth-order valence-corrected chi connectivity index (χ4v) is 3.00. The Morgan fingerprint density at radius 3 is 2.29 bits per heavy atom. The van der Waals surface area contributed by atoms with Crippen LogP contribution in [0.1, 0.15) is 49.0 Å². The first-order chi connectivity index (χ1) is 10.0. The van der Waals surface area contributed by atoms with Gasteiger partial charge in [-0.3, -0.25) is 0 Å². The van der Waals surface area contributed by atoms with Crippen LogP contribution in [0.3, 0.4) is 0 Å². The number of aryl methyl sites for hydroxylation is 1. The van der Waals surface area contributed by atoms with Crippen LogP contribution in [0.25, 0.3) is 0 Å². The van der Waals surface area contributed by atoms with E-state index < -0.39 is 0 Å². The van der Waals surface area contributed by atoms with Crippen LogP contribution in [0.2, 0.25) is 10.0 Å². The van der Waals surface area contributed by atoms with Crippen LogP contribution in [0, 0.1) is 6.92 Å². The molecule has 3 heteroatoms. The molecule has 0 radical (unpaired) electrons. The number of halogens is 2. The fraction of sp³-hybridized carbons (Fsp3) is 0.333. The number of benzene rings is 2. The van der Waals surface area contributed by atoms with Gasteiger partial charge in [0.25, 0.3) is 0 Å². The molecule has 0 amide bonds. The number of hydrogen-bond acceptors (Lipinski definition) is 1. The summed E-state index contributed by atoms with van der Waals surface area (Å²) in [6.07, 6.45) is 0.970. The van der Waals surface area contributed by atoms with Crippen LogP contribution >= 0.6 is 23.2 Å². The van der Waals surface area contributed by atoms with Gasteiger partial charge in [0.1, 0.15) is 0 Å². The highest BCUT2D eigenvalue weighted by Crippen LogP contribution is 2.30. The van der Waals surface area contributed by atoms with Crippen molar-refractivity contribution in [1.82, 2.24) is 5.32 Å². The third-order valence-corrected chi connectivity index (χ3v) is 4.34. The molecule has 112 valence electrons. The zero-order chi connectivity index (χ0) is 15.4. The molecule has 0 aliphatic carbocycles. The van der Waals surface area contributed by atoms with E-state index in [1.165, 1.54) is 11.1 Å². The predicted octanol–water partition coefficient (Wildman–Crippen LogP) is 6.10. The van der Waals surface area contributed by atoms with Gasteiger partial charge in [0.05, 0.1) is 0 Å². The third-order valence-electron chi connectivity index (χ3n) is 3.77. The van der Waals surface area contributed by atoms with E-state index in [9.17, 15) is 0 Å². The first-order valence-electron chi connectivity index (χ1n) is 7.28. The lowest BCUT2D eigenvalue weighted by Gasteiger charge is -2.24. The molecule has 0 heterocycles. The second-order valence-corrected chi connectivity index (χ2v) is 6.27. The Kier molecular flexibility index (Phi) is 5.69. The van der Waals surface area contributed by atoms with Crippen LogP contribution < -0.4 is 5.32 Å². The smallest absolute Gasteiger partial charge is 0.0468 e. The fourth-order valence-electron chi connectivity index (χ4n) is 2.46. The van der Waals surface area contributed by atoms with Gasteiger partial charge in [-0.25, -0.2) is 0 Å². The Labute approximate surface area is 137 Å². The molecular weight excluding hydrogens is 301 g/mol. The lowest BCUT2D eigenvalue weighted by atomic mass is 10.0. The molecule has 1 N–H and O–H groups in total. The predicted molar refractivity (Wildman–Crippen MR) is 92.2 cm³/mol. The lowest BCUT2D eigenvalue weighted by Crippen LogP contribution is -2.24. The van der Waals surface area contributed by atoms with Crippen LogP contribution in [0.5, 0.6) is 0 Å². The summed E-state index contributed by atoms with van der Waals surface area (Å²) in [4.78, 5) is 0. The molecule has 0 bridgehead atoms. The molecule has 0 aromatic heterocycles.